The van der Waals surface area contributed by atoms with E-state index in [2.05, 4.69) is 20.7 Å². The van der Waals surface area contributed by atoms with Crippen molar-refractivity contribution in [2.75, 3.05) is 5.32 Å². The molecule has 0 saturated carbocycles. The van der Waals surface area contributed by atoms with Crippen LogP contribution in [0.2, 0.25) is 5.02 Å². The summed E-state index contributed by atoms with van der Waals surface area (Å²) in [7, 11) is 0. The molecule has 3 aromatic carbocycles. The number of carbonyl (C=O) groups excluding carboxylic acids is 2. The van der Waals surface area contributed by atoms with Gasteiger partial charge in [0.15, 0.2) is 5.65 Å². The van der Waals surface area contributed by atoms with Gasteiger partial charge in [0.05, 0.1) is 17.2 Å². The van der Waals surface area contributed by atoms with Gasteiger partial charge in [-0.25, -0.2) is 18.3 Å². The number of carbonyl (C=O) groups is 2. The minimum Gasteiger partial charge on any atom is -0.341 e. The topological polar surface area (TPSA) is 112 Å². The van der Waals surface area contributed by atoms with Crippen molar-refractivity contribution in [2.24, 2.45) is 0 Å². The second-order valence-electron chi connectivity index (χ2n) is 9.52. The molecule has 1 atom stereocenters. The Hall–Kier alpha value is -5.35. The molecule has 0 saturated heterocycles. The third-order valence-electron chi connectivity index (χ3n) is 6.82. The van der Waals surface area contributed by atoms with E-state index in [0.717, 1.165) is 12.1 Å². The van der Waals surface area contributed by atoms with Crippen LogP contribution in [-0.4, -0.2) is 26.4 Å². The van der Waals surface area contributed by atoms with E-state index in [0.29, 0.717) is 23.3 Å². The summed E-state index contributed by atoms with van der Waals surface area (Å²) in [6.45, 7) is 0. The molecule has 8 nitrogen and oxygen atoms in total. The highest BCUT2D eigenvalue weighted by Crippen LogP contribution is 2.42. The van der Waals surface area contributed by atoms with E-state index in [1.54, 1.807) is 0 Å². The zero-order chi connectivity index (χ0) is 30.6. The summed E-state index contributed by atoms with van der Waals surface area (Å²) in [5.41, 5.74) is -0.648. The first kappa shape index (κ1) is 27.8. The first-order valence-corrected chi connectivity index (χ1v) is 12.7. The summed E-state index contributed by atoms with van der Waals surface area (Å²) in [5, 5.41) is 18.9. The van der Waals surface area contributed by atoms with E-state index in [1.807, 2.05) is 6.07 Å². The van der Waals surface area contributed by atoms with Crippen LogP contribution in [0.15, 0.2) is 67.1 Å². The average molecular weight is 609 g/mol. The molecule has 6 rings (SSSR count). The van der Waals surface area contributed by atoms with Crippen molar-refractivity contribution in [1.29, 1.82) is 5.26 Å². The molecule has 2 N–H and O–H groups in total. The van der Waals surface area contributed by atoms with Crippen LogP contribution >= 0.6 is 11.6 Å². The number of nitrogens with one attached hydrogen (secondary N) is 2. The maximum atomic E-state index is 14.2. The van der Waals surface area contributed by atoms with Gasteiger partial charge in [0.2, 0.25) is 0 Å². The molecule has 0 spiro atoms. The second kappa shape index (κ2) is 10.2. The van der Waals surface area contributed by atoms with E-state index in [4.69, 9.17) is 11.6 Å². The summed E-state index contributed by atoms with van der Waals surface area (Å²) in [6, 6.07) is 10.2. The summed E-state index contributed by atoms with van der Waals surface area (Å²) in [4.78, 5) is 30.5. The molecule has 0 fully saturated rings. The van der Waals surface area contributed by atoms with Crippen LogP contribution in [0.1, 0.15) is 49.0 Å². The molecule has 0 unspecified atom stereocenters. The molecule has 2 amide bonds. The van der Waals surface area contributed by atoms with Gasteiger partial charge in [-0.3, -0.25) is 9.59 Å². The minimum absolute atomic E-state index is 0.0329. The van der Waals surface area contributed by atoms with Crippen LogP contribution < -0.4 is 10.6 Å². The van der Waals surface area contributed by atoms with Gasteiger partial charge in [0.25, 0.3) is 11.8 Å². The Labute approximate surface area is 243 Å². The number of rotatable bonds is 4. The quantitative estimate of drug-likeness (QED) is 0.233. The van der Waals surface area contributed by atoms with E-state index in [-0.39, 0.29) is 44.7 Å². The SMILES string of the molecule is N#Cc1cc(-c2cc(NC(=O)c3cc(F)cc(C(F)(F)F)c3)c3c(c2)C(=O)N[C@@H]3c2cc(F)ccc2Cl)cn2ncnc12. The molecule has 214 valence electrons. The van der Waals surface area contributed by atoms with E-state index < -0.39 is 46.8 Å². The van der Waals surface area contributed by atoms with Gasteiger partial charge < -0.3 is 10.6 Å². The highest BCUT2D eigenvalue weighted by Gasteiger charge is 2.36. The van der Waals surface area contributed by atoms with Crippen LogP contribution in [0.25, 0.3) is 16.8 Å². The van der Waals surface area contributed by atoms with E-state index >= 15 is 0 Å². The van der Waals surface area contributed by atoms with Crippen LogP contribution in [0.4, 0.5) is 27.6 Å². The van der Waals surface area contributed by atoms with E-state index in [1.165, 1.54) is 41.3 Å². The summed E-state index contributed by atoms with van der Waals surface area (Å²) in [6.07, 6.45) is -2.16. The van der Waals surface area contributed by atoms with Crippen LogP contribution in [0, 0.1) is 23.0 Å². The van der Waals surface area contributed by atoms with Gasteiger partial charge in [-0.05, 0) is 60.2 Å². The molecule has 2 aromatic heterocycles. The number of hydrogen-bond acceptors (Lipinski definition) is 5. The number of hydrogen-bond donors (Lipinski definition) is 2. The fourth-order valence-corrected chi connectivity index (χ4v) is 5.14. The molecule has 0 aliphatic carbocycles. The first-order valence-electron chi connectivity index (χ1n) is 12.3. The number of alkyl halides is 3. The van der Waals surface area contributed by atoms with Crippen molar-refractivity contribution < 1.29 is 31.5 Å². The lowest BCUT2D eigenvalue weighted by Crippen LogP contribution is -2.21. The first-order chi connectivity index (χ1) is 20.4. The molecule has 3 heterocycles. The van der Waals surface area contributed by atoms with Gasteiger partial charge in [-0.1, -0.05) is 11.6 Å². The van der Waals surface area contributed by atoms with Crippen LogP contribution in [0.5, 0.6) is 0 Å². The molecular formula is C29H14ClF5N6O2. The maximum absolute atomic E-state index is 14.2. The molecule has 43 heavy (non-hydrogen) atoms. The maximum Gasteiger partial charge on any atom is 0.416 e. The predicted octanol–water partition coefficient (Wildman–Crippen LogP) is 6.30. The van der Waals surface area contributed by atoms with Crippen molar-refractivity contribution >= 4 is 34.7 Å². The highest BCUT2D eigenvalue weighted by atomic mass is 35.5. The Morgan fingerprint density at radius 3 is 2.58 bits per heavy atom. The van der Waals surface area contributed by atoms with Crippen molar-refractivity contribution in [3.63, 3.8) is 0 Å². The third-order valence-corrected chi connectivity index (χ3v) is 7.17. The Morgan fingerprint density at radius 2 is 1.84 bits per heavy atom. The zero-order valence-electron chi connectivity index (χ0n) is 21.3. The Bertz CT molecular complexity index is 2030. The number of anilines is 1. The number of aromatic nitrogens is 3. The highest BCUT2D eigenvalue weighted by molar-refractivity contribution is 6.31. The molecular weight excluding hydrogens is 595 g/mol. The fourth-order valence-electron chi connectivity index (χ4n) is 4.92. The standard InChI is InChI=1S/C29H14ClF5N6O2/c30-22-2-1-18(31)9-20(22)25-24-21(28(43)40-25)6-13(16-3-15(10-36)26-37-12-38-41(26)11-16)7-23(24)39-27(42)14-4-17(29(33,34)35)8-19(32)5-14/h1-9,11-12,25H,(H,39,42)(H,40,43)/t25-/m1/s1. The third kappa shape index (κ3) is 5.02. The monoisotopic (exact) mass is 608 g/mol. The van der Waals surface area contributed by atoms with Crippen molar-refractivity contribution in [1.82, 2.24) is 19.9 Å². The Morgan fingerprint density at radius 1 is 1.05 bits per heavy atom. The summed E-state index contributed by atoms with van der Waals surface area (Å²) >= 11 is 6.33. The lowest BCUT2D eigenvalue weighted by atomic mass is 9.92. The van der Waals surface area contributed by atoms with Gasteiger partial charge in [-0.2, -0.15) is 23.5 Å². The molecule has 0 radical (unpaired) electrons. The Kier molecular flexibility index (Phi) is 6.58. The fraction of sp³-hybridized carbons (Fsp3) is 0.0690. The predicted molar refractivity (Wildman–Crippen MR) is 143 cm³/mol. The number of benzene rings is 3. The summed E-state index contributed by atoms with van der Waals surface area (Å²) in [5.74, 6) is -3.68. The van der Waals surface area contributed by atoms with E-state index in [9.17, 15) is 36.8 Å². The normalized spacial score (nSPS) is 14.3. The molecule has 14 heteroatoms. The number of nitriles is 1. The zero-order valence-corrected chi connectivity index (χ0v) is 22.1. The lowest BCUT2D eigenvalue weighted by molar-refractivity contribution is -0.137. The molecule has 5 aromatic rings. The largest absolute Gasteiger partial charge is 0.416 e. The van der Waals surface area contributed by atoms with Gasteiger partial charge in [-0.15, -0.1) is 0 Å². The van der Waals surface area contributed by atoms with Gasteiger partial charge in [0.1, 0.15) is 24.0 Å². The number of fused-ring (bicyclic) bond motifs is 2. The van der Waals surface area contributed by atoms with Crippen molar-refractivity contribution in [3.8, 4) is 17.2 Å². The average Bonchev–Trinajstić information content (AvgIpc) is 3.57. The molecule has 1 aliphatic heterocycles. The number of amides is 2. The van der Waals surface area contributed by atoms with Gasteiger partial charge >= 0.3 is 6.18 Å². The number of halogens is 6. The minimum atomic E-state index is -4.92. The summed E-state index contributed by atoms with van der Waals surface area (Å²) < 4.78 is 69.7. The second-order valence-corrected chi connectivity index (χ2v) is 9.93. The van der Waals surface area contributed by atoms with Crippen LogP contribution in [-0.2, 0) is 6.18 Å². The number of nitrogens with zero attached hydrogens (tertiary/aromatic N) is 4. The molecule has 1 aliphatic rings. The van der Waals surface area contributed by atoms with Crippen LogP contribution in [0.3, 0.4) is 0 Å². The van der Waals surface area contributed by atoms with Gasteiger partial charge in [0, 0.05) is 44.7 Å². The lowest BCUT2D eigenvalue weighted by Gasteiger charge is -2.19. The van der Waals surface area contributed by atoms with Crippen molar-refractivity contribution in [2.45, 2.75) is 12.2 Å². The Balaban J connectivity index is 1.54. The van der Waals surface area contributed by atoms with Crippen molar-refractivity contribution in [3.05, 3.63) is 117 Å². The molecule has 0 bridgehead atoms. The number of pyridine rings is 1. The smallest absolute Gasteiger partial charge is 0.341 e.